The van der Waals surface area contributed by atoms with Crippen LogP contribution in [0.3, 0.4) is 0 Å². The lowest BCUT2D eigenvalue weighted by molar-refractivity contribution is -0.135. The fraction of sp³-hybridized carbons (Fsp3) is 0.538. The van der Waals surface area contributed by atoms with E-state index in [-0.39, 0.29) is 0 Å². The number of hydrogen-bond donors (Lipinski definition) is 10. The van der Waals surface area contributed by atoms with Crippen LogP contribution in [0.4, 0.5) is 0 Å². The molecule has 0 amide bonds. The number of nitrogens with two attached hydrogens (primary N) is 4. The lowest BCUT2D eigenvalue weighted by Gasteiger charge is -2.07. The van der Waals surface area contributed by atoms with Gasteiger partial charge in [-0.15, -0.1) is 0 Å². The average molecular weight is 436 g/mol. The third-order valence-corrected chi connectivity index (χ3v) is 0. The van der Waals surface area contributed by atoms with Gasteiger partial charge >= 0.3 is 0 Å². The molecule has 0 aliphatic heterocycles. The maximum Gasteiger partial charge on any atom is 0.300 e. The first-order chi connectivity index (χ1) is 12.4. The Kier molecular flexibility index (Phi) is 50.0. The normalized spacial score (nSPS) is 7.24. The number of carboxylic acid groups (broad SMARTS) is 6. The standard InChI is InChI=1S/6C2H4O2.CH8N4/c6*1-2(3)4;2-1(3,4)5/h6*1H3,(H,3,4);2-5H2. The van der Waals surface area contributed by atoms with Crippen molar-refractivity contribution >= 4 is 35.8 Å². The third kappa shape index (κ3) is 1140. The van der Waals surface area contributed by atoms with Gasteiger partial charge in [-0.05, 0) is 0 Å². The molecule has 16 nitrogen and oxygen atoms in total. The van der Waals surface area contributed by atoms with Gasteiger partial charge in [0.1, 0.15) is 0 Å². The predicted octanol–water partition coefficient (Wildman–Crippen LogP) is -2.02. The molecule has 176 valence electrons. The van der Waals surface area contributed by atoms with Crippen molar-refractivity contribution in [1.29, 1.82) is 0 Å². The highest BCUT2D eigenvalue weighted by Gasteiger charge is 1.96. The first-order valence-corrected chi connectivity index (χ1v) is 6.72. The molecule has 0 aromatic rings. The van der Waals surface area contributed by atoms with Crippen molar-refractivity contribution in [2.24, 2.45) is 22.9 Å². The van der Waals surface area contributed by atoms with Crippen LogP contribution in [0.5, 0.6) is 0 Å². The lowest BCUT2D eigenvalue weighted by Crippen LogP contribution is -2.65. The molecule has 0 aliphatic rings. The number of carboxylic acids is 6. The molecular weight excluding hydrogens is 404 g/mol. The van der Waals surface area contributed by atoms with E-state index in [2.05, 4.69) is 22.9 Å². The van der Waals surface area contributed by atoms with Crippen molar-refractivity contribution in [2.45, 2.75) is 47.5 Å². The molecule has 0 aromatic carbocycles. The molecule has 0 bridgehead atoms. The molecule has 0 saturated heterocycles. The van der Waals surface area contributed by atoms with Crippen LogP contribution in [-0.4, -0.2) is 72.4 Å². The van der Waals surface area contributed by atoms with Crippen molar-refractivity contribution in [1.82, 2.24) is 0 Å². The molecule has 0 radical (unpaired) electrons. The van der Waals surface area contributed by atoms with Crippen molar-refractivity contribution in [2.75, 3.05) is 0 Å². The molecule has 0 saturated carbocycles. The summed E-state index contributed by atoms with van der Waals surface area (Å²) in [7, 11) is 0. The molecule has 0 rings (SSSR count). The summed E-state index contributed by atoms with van der Waals surface area (Å²) in [5, 5.41) is 44.5. The maximum atomic E-state index is 9.00. The van der Waals surface area contributed by atoms with Gasteiger partial charge in [0.2, 0.25) is 0 Å². The van der Waals surface area contributed by atoms with Gasteiger partial charge in [0.25, 0.3) is 35.8 Å². The summed E-state index contributed by atoms with van der Waals surface area (Å²) in [6.07, 6.45) is 0. The van der Waals surface area contributed by atoms with Gasteiger partial charge in [-0.25, -0.2) is 0 Å². The lowest BCUT2D eigenvalue weighted by atomic mass is 10.8. The van der Waals surface area contributed by atoms with Crippen molar-refractivity contribution in [3.05, 3.63) is 0 Å². The first kappa shape index (κ1) is 44.8. The summed E-state index contributed by atoms with van der Waals surface area (Å²) < 4.78 is 0. The molecule has 16 heteroatoms. The average Bonchev–Trinajstić information content (AvgIpc) is 2.18. The van der Waals surface area contributed by atoms with E-state index in [4.69, 9.17) is 59.4 Å². The maximum absolute atomic E-state index is 9.00. The van der Waals surface area contributed by atoms with Crippen molar-refractivity contribution in [3.8, 4) is 0 Å². The summed E-state index contributed by atoms with van der Waals surface area (Å²) >= 11 is 0. The monoisotopic (exact) mass is 436 g/mol. The van der Waals surface area contributed by atoms with E-state index in [1.54, 1.807) is 0 Å². The number of rotatable bonds is 0. The van der Waals surface area contributed by atoms with Gasteiger partial charge in [0, 0.05) is 41.5 Å². The number of carbonyl (C=O) groups is 6. The second-order valence-corrected chi connectivity index (χ2v) is 4.11. The minimum absolute atomic E-state index is 0.833. The summed E-state index contributed by atoms with van der Waals surface area (Å²) in [5.74, 6) is -6.50. The van der Waals surface area contributed by atoms with E-state index in [9.17, 15) is 0 Å². The Labute approximate surface area is 166 Å². The molecule has 0 heterocycles. The Morgan fingerprint density at radius 1 is 0.414 bits per heavy atom. The van der Waals surface area contributed by atoms with E-state index in [0.29, 0.717) is 0 Å². The molecule has 0 atom stereocenters. The van der Waals surface area contributed by atoms with Gasteiger partial charge < -0.3 is 30.6 Å². The SMILES string of the molecule is CC(=O)O.CC(=O)O.CC(=O)O.CC(=O)O.CC(=O)O.CC(=O)O.NC(N)(N)N. The first-order valence-electron chi connectivity index (χ1n) is 6.72. The largest absolute Gasteiger partial charge is 0.481 e. The van der Waals surface area contributed by atoms with E-state index in [1.165, 1.54) is 0 Å². The quantitative estimate of drug-likeness (QED) is 0.183. The Balaban J connectivity index is -0.0000000390. The van der Waals surface area contributed by atoms with Crippen LogP contribution >= 0.6 is 0 Å². The zero-order valence-corrected chi connectivity index (χ0v) is 16.9. The fourth-order valence-electron chi connectivity index (χ4n) is 0. The smallest absolute Gasteiger partial charge is 0.300 e. The van der Waals surface area contributed by atoms with Crippen molar-refractivity contribution < 1.29 is 59.4 Å². The van der Waals surface area contributed by atoms with Gasteiger partial charge in [-0.1, -0.05) is 0 Å². The van der Waals surface area contributed by atoms with E-state index < -0.39 is 41.7 Å². The summed E-state index contributed by atoms with van der Waals surface area (Å²) in [4.78, 5) is 54.0. The van der Waals surface area contributed by atoms with Crippen molar-refractivity contribution in [3.63, 3.8) is 0 Å². The Hall–Kier alpha value is -3.34. The molecule has 29 heavy (non-hydrogen) atoms. The molecule has 0 spiro atoms. The zero-order chi connectivity index (χ0) is 26.0. The molecule has 0 aliphatic carbocycles. The summed E-state index contributed by atoms with van der Waals surface area (Å²) in [6, 6.07) is 0. The van der Waals surface area contributed by atoms with Crippen LogP contribution in [0.2, 0.25) is 0 Å². The summed E-state index contributed by atoms with van der Waals surface area (Å²) in [5.41, 5.74) is 18.8. The highest BCUT2D eigenvalue weighted by Crippen LogP contribution is 1.44. The van der Waals surface area contributed by atoms with Crippen LogP contribution in [0.15, 0.2) is 0 Å². The zero-order valence-electron chi connectivity index (χ0n) is 16.9. The van der Waals surface area contributed by atoms with Crippen LogP contribution in [0.1, 0.15) is 41.5 Å². The van der Waals surface area contributed by atoms with Gasteiger partial charge in [0.15, 0.2) is 5.91 Å². The fourth-order valence-corrected chi connectivity index (χ4v) is 0. The molecule has 0 unspecified atom stereocenters. The second-order valence-electron chi connectivity index (χ2n) is 4.11. The Morgan fingerprint density at radius 3 is 0.414 bits per heavy atom. The Morgan fingerprint density at radius 2 is 0.414 bits per heavy atom. The van der Waals surface area contributed by atoms with Gasteiger partial charge in [-0.2, -0.15) is 0 Å². The highest BCUT2D eigenvalue weighted by molar-refractivity contribution is 5.64. The van der Waals surface area contributed by atoms with E-state index in [0.717, 1.165) is 41.5 Å². The van der Waals surface area contributed by atoms with Crippen LogP contribution in [0.25, 0.3) is 0 Å². The topological polar surface area (TPSA) is 328 Å². The van der Waals surface area contributed by atoms with Crippen LogP contribution in [0, 0.1) is 0 Å². The minimum Gasteiger partial charge on any atom is -0.481 e. The van der Waals surface area contributed by atoms with Crippen LogP contribution in [-0.2, 0) is 28.8 Å². The predicted molar refractivity (Wildman–Crippen MR) is 99.3 cm³/mol. The number of aliphatic carboxylic acids is 6. The molecule has 0 fully saturated rings. The number of hydrogen-bond acceptors (Lipinski definition) is 10. The van der Waals surface area contributed by atoms with Crippen LogP contribution < -0.4 is 22.9 Å². The molecular formula is C13H32N4O12. The van der Waals surface area contributed by atoms with Gasteiger partial charge in [-0.3, -0.25) is 51.7 Å². The van der Waals surface area contributed by atoms with E-state index in [1.807, 2.05) is 0 Å². The van der Waals surface area contributed by atoms with E-state index >= 15 is 0 Å². The third-order valence-electron chi connectivity index (χ3n) is 0. The molecule has 0 aromatic heterocycles. The second kappa shape index (κ2) is 32.3. The molecule has 14 N–H and O–H groups in total. The highest BCUT2D eigenvalue weighted by atomic mass is 16.4. The summed E-state index contributed by atoms with van der Waals surface area (Å²) in [6.45, 7) is 6.50. The Bertz CT molecular complexity index is 338. The van der Waals surface area contributed by atoms with Gasteiger partial charge in [0.05, 0.1) is 0 Å². The minimum atomic E-state index is -1.50.